The third-order valence-electron chi connectivity index (χ3n) is 6.04. The van der Waals surface area contributed by atoms with Gasteiger partial charge in [0.1, 0.15) is 11.9 Å². The van der Waals surface area contributed by atoms with Crippen LogP contribution in [0.25, 0.3) is 11.4 Å². The highest BCUT2D eigenvalue weighted by Gasteiger charge is 2.25. The van der Waals surface area contributed by atoms with Gasteiger partial charge in [0.2, 0.25) is 5.91 Å². The molecule has 0 bridgehead atoms. The lowest BCUT2D eigenvalue weighted by Crippen LogP contribution is -2.47. The Morgan fingerprint density at radius 2 is 1.79 bits per heavy atom. The summed E-state index contributed by atoms with van der Waals surface area (Å²) in [6.45, 7) is 6.71. The van der Waals surface area contributed by atoms with Crippen LogP contribution >= 0.6 is 0 Å². The third kappa shape index (κ3) is 5.30. The molecule has 4 rings (SSSR count). The van der Waals surface area contributed by atoms with E-state index in [-0.39, 0.29) is 17.7 Å². The lowest BCUT2D eigenvalue weighted by atomic mass is 10.0. The van der Waals surface area contributed by atoms with Crippen molar-refractivity contribution in [1.82, 2.24) is 20.1 Å². The summed E-state index contributed by atoms with van der Waals surface area (Å²) in [7, 11) is 0. The molecule has 7 nitrogen and oxygen atoms in total. The maximum atomic E-state index is 13.0. The highest BCUT2D eigenvalue weighted by atomic mass is 16.2. The van der Waals surface area contributed by atoms with Crippen molar-refractivity contribution in [2.45, 2.75) is 59.0 Å². The second-order valence-corrected chi connectivity index (χ2v) is 9.03. The summed E-state index contributed by atoms with van der Waals surface area (Å²) in [5, 5.41) is 14.6. The van der Waals surface area contributed by atoms with Crippen LogP contribution in [-0.4, -0.2) is 32.6 Å². The van der Waals surface area contributed by atoms with Gasteiger partial charge in [-0.3, -0.25) is 9.59 Å². The number of anilines is 1. The fraction of sp³-hybridized carbons (Fsp3) is 0.385. The highest BCUT2D eigenvalue weighted by molar-refractivity contribution is 6.01. The highest BCUT2D eigenvalue weighted by Crippen LogP contribution is 2.24. The Morgan fingerprint density at radius 1 is 1.00 bits per heavy atom. The van der Waals surface area contributed by atoms with Crippen LogP contribution in [0.4, 0.5) is 5.69 Å². The van der Waals surface area contributed by atoms with Gasteiger partial charge < -0.3 is 15.2 Å². The fourth-order valence-electron chi connectivity index (χ4n) is 4.17. The first-order chi connectivity index (χ1) is 15.9. The molecule has 1 aliphatic rings. The number of aromatic nitrogens is 3. The first-order valence-corrected chi connectivity index (χ1v) is 11.6. The molecule has 2 heterocycles. The molecule has 0 saturated heterocycles. The van der Waals surface area contributed by atoms with Gasteiger partial charge in [0.05, 0.1) is 0 Å². The van der Waals surface area contributed by atoms with Crippen LogP contribution in [0.1, 0.15) is 54.9 Å². The molecule has 2 amide bonds. The number of carbonyl (C=O) groups excluding carboxylic acids is 2. The minimum absolute atomic E-state index is 0.0653. The summed E-state index contributed by atoms with van der Waals surface area (Å²) >= 11 is 0. The van der Waals surface area contributed by atoms with Crippen LogP contribution in [0.15, 0.2) is 48.5 Å². The van der Waals surface area contributed by atoms with Crippen molar-refractivity contribution in [2.75, 3.05) is 5.32 Å². The fourth-order valence-corrected chi connectivity index (χ4v) is 4.17. The summed E-state index contributed by atoms with van der Waals surface area (Å²) < 4.78 is 2.20. The van der Waals surface area contributed by atoms with Crippen molar-refractivity contribution in [3.05, 3.63) is 65.5 Å². The van der Waals surface area contributed by atoms with E-state index in [4.69, 9.17) is 0 Å². The van der Waals surface area contributed by atoms with Gasteiger partial charge in [0.15, 0.2) is 5.82 Å². The number of amides is 2. The van der Waals surface area contributed by atoms with E-state index in [2.05, 4.69) is 25.4 Å². The van der Waals surface area contributed by atoms with Gasteiger partial charge in [0.25, 0.3) is 5.91 Å². The summed E-state index contributed by atoms with van der Waals surface area (Å²) in [6, 6.07) is 14.3. The van der Waals surface area contributed by atoms with Gasteiger partial charge in [-0.05, 0) is 62.1 Å². The molecule has 7 heteroatoms. The zero-order valence-corrected chi connectivity index (χ0v) is 19.5. The van der Waals surface area contributed by atoms with Crippen molar-refractivity contribution in [2.24, 2.45) is 5.92 Å². The van der Waals surface area contributed by atoms with E-state index >= 15 is 0 Å². The Hall–Kier alpha value is -3.48. The van der Waals surface area contributed by atoms with E-state index in [1.54, 1.807) is 6.07 Å². The molecule has 1 aromatic heterocycles. The van der Waals surface area contributed by atoms with Crippen LogP contribution < -0.4 is 10.6 Å². The molecule has 2 N–H and O–H groups in total. The smallest absolute Gasteiger partial charge is 0.251 e. The molecular weight excluding hydrogens is 414 g/mol. The van der Waals surface area contributed by atoms with Crippen LogP contribution in [0.3, 0.4) is 0 Å². The SMILES string of the molecule is Cc1cccc(C(=O)N[C@@H](C(=O)Nc2ccc(-c3nnc4n3CCCCC4)cc2)C(C)C)c1. The average molecular weight is 446 g/mol. The number of nitrogens with zero attached hydrogens (tertiary/aromatic N) is 3. The topological polar surface area (TPSA) is 88.9 Å². The monoisotopic (exact) mass is 445 g/mol. The second kappa shape index (κ2) is 9.98. The summed E-state index contributed by atoms with van der Waals surface area (Å²) in [6.07, 6.45) is 4.47. The minimum Gasteiger partial charge on any atom is -0.340 e. The predicted octanol–water partition coefficient (Wildman–Crippen LogP) is 4.37. The third-order valence-corrected chi connectivity index (χ3v) is 6.04. The van der Waals surface area contributed by atoms with Crippen LogP contribution in [0.5, 0.6) is 0 Å². The molecule has 172 valence electrons. The van der Waals surface area contributed by atoms with Crippen LogP contribution in [0.2, 0.25) is 0 Å². The Kier molecular flexibility index (Phi) is 6.87. The maximum Gasteiger partial charge on any atom is 0.251 e. The molecule has 0 aliphatic carbocycles. The number of benzene rings is 2. The molecule has 0 unspecified atom stereocenters. The quantitative estimate of drug-likeness (QED) is 0.590. The van der Waals surface area contributed by atoms with Crippen molar-refractivity contribution in [3.8, 4) is 11.4 Å². The Morgan fingerprint density at radius 3 is 2.52 bits per heavy atom. The number of fused-ring (bicyclic) bond motifs is 1. The van der Waals surface area contributed by atoms with Gasteiger partial charge in [0, 0.05) is 29.8 Å². The molecular formula is C26H31N5O2. The van der Waals surface area contributed by atoms with Gasteiger partial charge in [-0.2, -0.15) is 0 Å². The van der Waals surface area contributed by atoms with Crippen LogP contribution in [-0.2, 0) is 17.8 Å². The van der Waals surface area contributed by atoms with E-state index in [1.165, 1.54) is 6.42 Å². The van der Waals surface area contributed by atoms with Crippen molar-refractivity contribution in [1.29, 1.82) is 0 Å². The molecule has 33 heavy (non-hydrogen) atoms. The summed E-state index contributed by atoms with van der Waals surface area (Å²) in [5.41, 5.74) is 3.19. The first kappa shape index (κ1) is 22.7. The van der Waals surface area contributed by atoms with Gasteiger partial charge in [-0.15, -0.1) is 10.2 Å². The van der Waals surface area contributed by atoms with E-state index in [1.807, 2.05) is 63.2 Å². The van der Waals surface area contributed by atoms with Gasteiger partial charge >= 0.3 is 0 Å². The first-order valence-electron chi connectivity index (χ1n) is 11.6. The molecule has 0 fully saturated rings. The Balaban J connectivity index is 1.45. The van der Waals surface area contributed by atoms with Gasteiger partial charge in [-0.1, -0.05) is 38.0 Å². The minimum atomic E-state index is -0.648. The predicted molar refractivity (Wildman–Crippen MR) is 129 cm³/mol. The number of nitrogens with one attached hydrogen (secondary N) is 2. The number of rotatable bonds is 6. The van der Waals surface area contributed by atoms with E-state index in [0.717, 1.165) is 48.6 Å². The molecule has 0 radical (unpaired) electrons. The molecule has 0 spiro atoms. The van der Waals surface area contributed by atoms with Gasteiger partial charge in [-0.25, -0.2) is 0 Å². The number of hydrogen-bond donors (Lipinski definition) is 2. The van der Waals surface area contributed by atoms with E-state index in [9.17, 15) is 9.59 Å². The summed E-state index contributed by atoms with van der Waals surface area (Å²) in [5.74, 6) is 1.36. The zero-order chi connectivity index (χ0) is 23.4. The number of hydrogen-bond acceptors (Lipinski definition) is 4. The second-order valence-electron chi connectivity index (χ2n) is 9.03. The van der Waals surface area contributed by atoms with Crippen molar-refractivity contribution >= 4 is 17.5 Å². The largest absolute Gasteiger partial charge is 0.340 e. The van der Waals surface area contributed by atoms with E-state index in [0.29, 0.717) is 11.3 Å². The lowest BCUT2D eigenvalue weighted by Gasteiger charge is -2.22. The molecule has 1 aliphatic heterocycles. The van der Waals surface area contributed by atoms with E-state index < -0.39 is 6.04 Å². The van der Waals surface area contributed by atoms with Crippen LogP contribution in [0, 0.1) is 12.8 Å². The molecule has 2 aromatic carbocycles. The molecule has 0 saturated carbocycles. The maximum absolute atomic E-state index is 13.0. The van der Waals surface area contributed by atoms with Crippen molar-refractivity contribution in [3.63, 3.8) is 0 Å². The lowest BCUT2D eigenvalue weighted by molar-refractivity contribution is -0.118. The molecule has 3 aromatic rings. The van der Waals surface area contributed by atoms with Crippen molar-refractivity contribution < 1.29 is 9.59 Å². The number of aryl methyl sites for hydroxylation is 2. The summed E-state index contributed by atoms with van der Waals surface area (Å²) in [4.78, 5) is 25.7. The number of carbonyl (C=O) groups is 2. The average Bonchev–Trinajstić information content (AvgIpc) is 3.05. The molecule has 1 atom stereocenters. The normalized spacial score (nSPS) is 14.3. The zero-order valence-electron chi connectivity index (χ0n) is 19.5. The standard InChI is InChI=1S/C26H31N5O2/c1-17(2)23(28-25(32)20-9-7-8-18(3)16-20)26(33)27-21-13-11-19(12-14-21)24-30-29-22-10-5-4-6-15-31(22)24/h7-9,11-14,16-17,23H,4-6,10,15H2,1-3H3,(H,27,33)(H,28,32)/t23-/m1/s1. The Labute approximate surface area is 194 Å². The Bertz CT molecular complexity index is 1130.